The molecule has 0 atom stereocenters. The van der Waals surface area contributed by atoms with Gasteiger partial charge >= 0.3 is 0 Å². The second-order valence-electron chi connectivity index (χ2n) is 8.28. The van der Waals surface area contributed by atoms with Crippen LogP contribution in [-0.4, -0.2) is 36.3 Å². The summed E-state index contributed by atoms with van der Waals surface area (Å²) in [5.74, 6) is 1.98. The fourth-order valence-electron chi connectivity index (χ4n) is 3.84. The summed E-state index contributed by atoms with van der Waals surface area (Å²) in [6, 6.07) is 8.42. The highest BCUT2D eigenvalue weighted by Gasteiger charge is 2.11. The van der Waals surface area contributed by atoms with Crippen LogP contribution in [0.1, 0.15) is 22.5 Å². The summed E-state index contributed by atoms with van der Waals surface area (Å²) in [7, 11) is 0. The van der Waals surface area contributed by atoms with Gasteiger partial charge in [-0.1, -0.05) is 12.2 Å². The summed E-state index contributed by atoms with van der Waals surface area (Å²) >= 11 is 0. The van der Waals surface area contributed by atoms with Crippen molar-refractivity contribution in [1.29, 1.82) is 0 Å². The number of hydrogen-bond donors (Lipinski definition) is 0. The van der Waals surface area contributed by atoms with E-state index in [1.54, 1.807) is 0 Å². The van der Waals surface area contributed by atoms with Crippen molar-refractivity contribution in [3.63, 3.8) is 0 Å². The van der Waals surface area contributed by atoms with Crippen LogP contribution >= 0.6 is 0 Å². The number of nitrogens with zero attached hydrogens (tertiary/aromatic N) is 4. The van der Waals surface area contributed by atoms with E-state index in [1.807, 2.05) is 13.8 Å². The minimum atomic E-state index is 0.609. The summed E-state index contributed by atoms with van der Waals surface area (Å²) in [5.41, 5.74) is 6.94. The molecule has 0 aliphatic carbocycles. The molecule has 0 saturated carbocycles. The Hall–Kier alpha value is -3.18. The molecule has 0 spiro atoms. The molecule has 2 aliphatic rings. The van der Waals surface area contributed by atoms with Gasteiger partial charge in [-0.3, -0.25) is 0 Å². The summed E-state index contributed by atoms with van der Waals surface area (Å²) in [6.45, 7) is 11.1. The van der Waals surface area contributed by atoms with Gasteiger partial charge in [0.1, 0.15) is 11.6 Å². The first-order valence-electron chi connectivity index (χ1n) is 10.7. The average Bonchev–Trinajstić information content (AvgIpc) is 2.73. The van der Waals surface area contributed by atoms with Crippen molar-refractivity contribution in [3.8, 4) is 0 Å². The quantitative estimate of drug-likeness (QED) is 0.669. The predicted molar refractivity (Wildman–Crippen MR) is 127 cm³/mol. The molecule has 0 fully saturated rings. The number of hydrogen-bond acceptors (Lipinski definition) is 5. The van der Waals surface area contributed by atoms with E-state index in [2.05, 4.69) is 94.6 Å². The van der Waals surface area contributed by atoms with Crippen LogP contribution in [0.2, 0.25) is 0 Å². The Labute approximate surface area is 185 Å². The molecule has 5 heteroatoms. The summed E-state index contributed by atoms with van der Waals surface area (Å²) in [4.78, 5) is 13.6. The highest BCUT2D eigenvalue weighted by Crippen LogP contribution is 2.20. The average molecular weight is 415 g/mol. The zero-order valence-electron chi connectivity index (χ0n) is 18.8. The zero-order chi connectivity index (χ0) is 21.8. The van der Waals surface area contributed by atoms with E-state index in [1.165, 1.54) is 22.3 Å². The highest BCUT2D eigenvalue weighted by molar-refractivity contribution is 5.50. The highest BCUT2D eigenvalue weighted by atomic mass is 16.5. The van der Waals surface area contributed by atoms with Crippen molar-refractivity contribution in [2.45, 2.75) is 27.7 Å². The molecule has 5 nitrogen and oxygen atoms in total. The minimum Gasteiger partial charge on any atom is -0.372 e. The van der Waals surface area contributed by atoms with Crippen molar-refractivity contribution in [1.82, 2.24) is 9.97 Å². The molecule has 0 N–H and O–H groups in total. The van der Waals surface area contributed by atoms with E-state index < -0.39 is 0 Å². The lowest BCUT2D eigenvalue weighted by Crippen LogP contribution is -2.22. The largest absolute Gasteiger partial charge is 0.372 e. The van der Waals surface area contributed by atoms with E-state index >= 15 is 0 Å². The number of anilines is 2. The molecule has 0 bridgehead atoms. The second-order valence-corrected chi connectivity index (χ2v) is 8.28. The molecule has 4 heterocycles. The molecule has 2 aromatic heterocycles. The van der Waals surface area contributed by atoms with Gasteiger partial charge in [0.2, 0.25) is 0 Å². The zero-order valence-corrected chi connectivity index (χ0v) is 18.8. The maximum absolute atomic E-state index is 5.96. The van der Waals surface area contributed by atoms with E-state index in [9.17, 15) is 0 Å². The van der Waals surface area contributed by atoms with E-state index in [-0.39, 0.29) is 0 Å². The van der Waals surface area contributed by atoms with Gasteiger partial charge in [-0.2, -0.15) is 0 Å². The van der Waals surface area contributed by atoms with Crippen LogP contribution in [0.15, 0.2) is 72.1 Å². The molecule has 2 aliphatic heterocycles. The Morgan fingerprint density at radius 2 is 1.16 bits per heavy atom. The maximum Gasteiger partial charge on any atom is 0.133 e. The molecule has 2 aromatic rings. The molecule has 4 rings (SSSR count). The van der Waals surface area contributed by atoms with Crippen LogP contribution in [0.3, 0.4) is 0 Å². The number of aryl methyl sites for hydroxylation is 4. The van der Waals surface area contributed by atoms with Gasteiger partial charge in [-0.25, -0.2) is 9.97 Å². The lowest BCUT2D eigenvalue weighted by molar-refractivity contribution is 0.183. The minimum absolute atomic E-state index is 0.609. The predicted octanol–water partition coefficient (Wildman–Crippen LogP) is 4.95. The van der Waals surface area contributed by atoms with Crippen molar-refractivity contribution < 1.29 is 4.74 Å². The standard InChI is InChI=1S/C26H30N4O/c1-19-13-21(3)27-25(15-19)29-9-5-23(6-10-29)17-31-18-24-7-11-30(12-8-24)26-16-20(2)14-22(4)28-26/h5-9,11,13-16H,10,12,17-18H2,1-4H3. The number of rotatable bonds is 6. The van der Waals surface area contributed by atoms with Crippen molar-refractivity contribution >= 4 is 11.6 Å². The Bertz CT molecular complexity index is 955. The molecule has 0 amide bonds. The maximum atomic E-state index is 5.96. The van der Waals surface area contributed by atoms with Gasteiger partial charge in [0.15, 0.2) is 0 Å². The van der Waals surface area contributed by atoms with Crippen LogP contribution in [0.4, 0.5) is 11.6 Å². The van der Waals surface area contributed by atoms with Crippen molar-refractivity contribution in [2.24, 2.45) is 0 Å². The lowest BCUT2D eigenvalue weighted by Gasteiger charge is -2.23. The van der Waals surface area contributed by atoms with Gasteiger partial charge < -0.3 is 14.5 Å². The summed E-state index contributed by atoms with van der Waals surface area (Å²) < 4.78 is 5.96. The summed E-state index contributed by atoms with van der Waals surface area (Å²) in [5, 5.41) is 0. The third kappa shape index (κ3) is 5.50. The SMILES string of the molecule is Cc1cc(C)nc(N2C=CC(COCC3=CCN(c4cc(C)cc(C)n4)C=C3)=CC2)c1. The third-order valence-corrected chi connectivity index (χ3v) is 5.33. The van der Waals surface area contributed by atoms with Gasteiger partial charge in [-0.05, 0) is 86.4 Å². The number of aromatic nitrogens is 2. The molecule has 160 valence electrons. The van der Waals surface area contributed by atoms with E-state index in [0.717, 1.165) is 36.1 Å². The van der Waals surface area contributed by atoms with Gasteiger partial charge in [0, 0.05) is 36.9 Å². The van der Waals surface area contributed by atoms with Crippen molar-refractivity contribution in [2.75, 3.05) is 36.1 Å². The van der Waals surface area contributed by atoms with Gasteiger partial charge in [0.05, 0.1) is 13.2 Å². The monoisotopic (exact) mass is 414 g/mol. The normalized spacial score (nSPS) is 15.9. The van der Waals surface area contributed by atoms with Crippen LogP contribution in [0.5, 0.6) is 0 Å². The van der Waals surface area contributed by atoms with E-state index in [4.69, 9.17) is 4.74 Å². The number of ether oxygens (including phenoxy) is 1. The number of pyridine rings is 2. The smallest absolute Gasteiger partial charge is 0.133 e. The fourth-order valence-corrected chi connectivity index (χ4v) is 3.84. The van der Waals surface area contributed by atoms with Crippen LogP contribution in [-0.2, 0) is 4.74 Å². The lowest BCUT2D eigenvalue weighted by atomic mass is 10.1. The van der Waals surface area contributed by atoms with Crippen LogP contribution < -0.4 is 9.80 Å². The molecule has 0 unspecified atom stereocenters. The molecule has 0 aromatic carbocycles. The molecule has 0 radical (unpaired) electrons. The molecule has 0 saturated heterocycles. The van der Waals surface area contributed by atoms with Crippen LogP contribution in [0, 0.1) is 27.7 Å². The van der Waals surface area contributed by atoms with Crippen molar-refractivity contribution in [3.05, 3.63) is 94.6 Å². The third-order valence-electron chi connectivity index (χ3n) is 5.33. The second kappa shape index (κ2) is 9.31. The van der Waals surface area contributed by atoms with E-state index in [0.29, 0.717) is 13.2 Å². The first kappa shape index (κ1) is 21.1. The first-order chi connectivity index (χ1) is 15.0. The van der Waals surface area contributed by atoms with Gasteiger partial charge in [-0.15, -0.1) is 0 Å². The van der Waals surface area contributed by atoms with Gasteiger partial charge in [0.25, 0.3) is 0 Å². The Kier molecular flexibility index (Phi) is 6.33. The first-order valence-corrected chi connectivity index (χ1v) is 10.7. The Balaban J connectivity index is 1.25. The topological polar surface area (TPSA) is 41.5 Å². The molecule has 31 heavy (non-hydrogen) atoms. The molecular formula is C26H30N4O. The van der Waals surface area contributed by atoms with Crippen LogP contribution in [0.25, 0.3) is 0 Å². The molecular weight excluding hydrogens is 384 g/mol. The summed E-state index contributed by atoms with van der Waals surface area (Å²) in [6.07, 6.45) is 12.8. The Morgan fingerprint density at radius 3 is 1.52 bits per heavy atom. The fraction of sp³-hybridized carbons (Fsp3) is 0.308. The Morgan fingerprint density at radius 1 is 0.710 bits per heavy atom.